The fourth-order valence-corrected chi connectivity index (χ4v) is 3.44. The van der Waals surface area contributed by atoms with Crippen LogP contribution in [-0.2, 0) is 14.8 Å². The van der Waals surface area contributed by atoms with Crippen molar-refractivity contribution in [3.8, 4) is 5.75 Å². The number of rotatable bonds is 4. The Morgan fingerprint density at radius 1 is 1.13 bits per heavy atom. The molecule has 0 aliphatic heterocycles. The van der Waals surface area contributed by atoms with Crippen LogP contribution in [0.3, 0.4) is 0 Å². The fourth-order valence-electron chi connectivity index (χ4n) is 2.09. The summed E-state index contributed by atoms with van der Waals surface area (Å²) in [6, 6.07) is 10.2. The molecule has 0 unspecified atom stereocenters. The van der Waals surface area contributed by atoms with Crippen molar-refractivity contribution in [3.05, 3.63) is 53.6 Å². The van der Waals surface area contributed by atoms with Gasteiger partial charge in [0.1, 0.15) is 10.6 Å². The number of sulfonamides is 1. The molecule has 122 valence electrons. The molecule has 1 N–H and O–H groups in total. The second-order valence-corrected chi connectivity index (χ2v) is 6.92. The van der Waals surface area contributed by atoms with Crippen molar-refractivity contribution in [3.63, 3.8) is 0 Å². The van der Waals surface area contributed by atoms with Gasteiger partial charge < -0.3 is 9.84 Å². The molecule has 7 heteroatoms. The number of aromatic hydroxyl groups is 1. The maximum Gasteiger partial charge on any atom is 0.339 e. The van der Waals surface area contributed by atoms with Gasteiger partial charge in [-0.3, -0.25) is 4.31 Å². The van der Waals surface area contributed by atoms with Crippen molar-refractivity contribution < 1.29 is 23.1 Å². The summed E-state index contributed by atoms with van der Waals surface area (Å²) in [5.41, 5.74) is 1.09. The van der Waals surface area contributed by atoms with E-state index in [0.717, 1.165) is 9.87 Å². The number of phenols is 1. The first-order valence-corrected chi connectivity index (χ1v) is 8.18. The minimum Gasteiger partial charge on any atom is -0.508 e. The van der Waals surface area contributed by atoms with E-state index in [2.05, 4.69) is 4.74 Å². The Hall–Kier alpha value is -2.54. The summed E-state index contributed by atoms with van der Waals surface area (Å²) in [6.07, 6.45) is 0. The van der Waals surface area contributed by atoms with Crippen LogP contribution in [0.4, 0.5) is 5.69 Å². The highest BCUT2D eigenvalue weighted by Gasteiger charge is 2.27. The van der Waals surface area contributed by atoms with E-state index in [0.29, 0.717) is 5.69 Å². The highest BCUT2D eigenvalue weighted by Crippen LogP contribution is 2.26. The number of hydrogen-bond donors (Lipinski definition) is 1. The number of phenolic OH excluding ortho intramolecular Hbond substituents is 1. The number of nitrogens with zero attached hydrogens (tertiary/aromatic N) is 1. The van der Waals surface area contributed by atoms with Crippen LogP contribution in [0.5, 0.6) is 5.75 Å². The number of anilines is 1. The first-order valence-electron chi connectivity index (χ1n) is 6.74. The number of methoxy groups -OCH3 is 1. The first kappa shape index (κ1) is 16.8. The predicted molar refractivity (Wildman–Crippen MR) is 86.2 cm³/mol. The Morgan fingerprint density at radius 2 is 1.74 bits per heavy atom. The highest BCUT2D eigenvalue weighted by atomic mass is 32.2. The molecule has 2 aromatic carbocycles. The Kier molecular flexibility index (Phi) is 4.60. The molecule has 0 bridgehead atoms. The molecule has 0 atom stereocenters. The van der Waals surface area contributed by atoms with Gasteiger partial charge in [-0.15, -0.1) is 0 Å². The van der Waals surface area contributed by atoms with E-state index in [9.17, 15) is 18.3 Å². The van der Waals surface area contributed by atoms with Gasteiger partial charge in [0.2, 0.25) is 0 Å². The number of carbonyl (C=O) groups is 1. The predicted octanol–water partition coefficient (Wildman–Crippen LogP) is 2.31. The van der Waals surface area contributed by atoms with Crippen LogP contribution in [0.25, 0.3) is 0 Å². The summed E-state index contributed by atoms with van der Waals surface area (Å²) < 4.78 is 31.4. The second-order valence-electron chi connectivity index (χ2n) is 4.98. The topological polar surface area (TPSA) is 83.9 Å². The Morgan fingerprint density at radius 3 is 2.30 bits per heavy atom. The summed E-state index contributed by atoms with van der Waals surface area (Å²) in [4.78, 5) is 11.8. The maximum atomic E-state index is 12.8. The number of carbonyl (C=O) groups excluding carboxylic acids is 1. The quantitative estimate of drug-likeness (QED) is 0.867. The zero-order valence-electron chi connectivity index (χ0n) is 13.0. The van der Waals surface area contributed by atoms with E-state index in [1.54, 1.807) is 13.0 Å². The molecule has 0 saturated heterocycles. The van der Waals surface area contributed by atoms with Gasteiger partial charge in [0.25, 0.3) is 10.0 Å². The monoisotopic (exact) mass is 335 g/mol. The van der Waals surface area contributed by atoms with Crippen molar-refractivity contribution in [2.75, 3.05) is 18.5 Å². The van der Waals surface area contributed by atoms with Gasteiger partial charge in [-0.05, 0) is 43.3 Å². The van der Waals surface area contributed by atoms with Crippen molar-refractivity contribution in [2.45, 2.75) is 11.8 Å². The summed E-state index contributed by atoms with van der Waals surface area (Å²) in [6.45, 7) is 1.76. The SMILES string of the molecule is COC(=O)c1cc(C)ccc1S(=O)(=O)N(C)c1ccc(O)cc1. The van der Waals surface area contributed by atoms with Crippen molar-refractivity contribution >= 4 is 21.7 Å². The molecule has 0 spiro atoms. The lowest BCUT2D eigenvalue weighted by Gasteiger charge is -2.21. The number of aryl methyl sites for hydroxylation is 1. The maximum absolute atomic E-state index is 12.8. The molecule has 0 amide bonds. The van der Waals surface area contributed by atoms with E-state index < -0.39 is 16.0 Å². The lowest BCUT2D eigenvalue weighted by Crippen LogP contribution is -2.28. The number of hydrogen-bond acceptors (Lipinski definition) is 5. The Labute approximate surface area is 135 Å². The average molecular weight is 335 g/mol. The number of esters is 1. The highest BCUT2D eigenvalue weighted by molar-refractivity contribution is 7.92. The molecular formula is C16H17NO5S. The van der Waals surface area contributed by atoms with Gasteiger partial charge in [0, 0.05) is 7.05 Å². The van der Waals surface area contributed by atoms with E-state index in [1.165, 1.54) is 50.6 Å². The molecule has 0 aromatic heterocycles. The number of benzene rings is 2. The lowest BCUT2D eigenvalue weighted by atomic mass is 10.1. The molecule has 6 nitrogen and oxygen atoms in total. The zero-order chi connectivity index (χ0) is 17.2. The van der Waals surface area contributed by atoms with Gasteiger partial charge >= 0.3 is 5.97 Å². The van der Waals surface area contributed by atoms with Gasteiger partial charge in [-0.25, -0.2) is 13.2 Å². The normalized spacial score (nSPS) is 11.1. The van der Waals surface area contributed by atoms with Crippen LogP contribution < -0.4 is 4.31 Å². The lowest BCUT2D eigenvalue weighted by molar-refractivity contribution is 0.0596. The number of ether oxygens (including phenoxy) is 1. The van der Waals surface area contributed by atoms with Crippen LogP contribution in [0.15, 0.2) is 47.4 Å². The third-order valence-corrected chi connectivity index (χ3v) is 5.24. The molecule has 0 fully saturated rings. The minimum atomic E-state index is -3.96. The average Bonchev–Trinajstić information content (AvgIpc) is 2.53. The van der Waals surface area contributed by atoms with Crippen LogP contribution in [0.1, 0.15) is 15.9 Å². The molecule has 0 aliphatic rings. The van der Waals surface area contributed by atoms with E-state index in [1.807, 2.05) is 0 Å². The van der Waals surface area contributed by atoms with Crippen LogP contribution in [0.2, 0.25) is 0 Å². The fraction of sp³-hybridized carbons (Fsp3) is 0.188. The van der Waals surface area contributed by atoms with Crippen molar-refractivity contribution in [1.29, 1.82) is 0 Å². The Balaban J connectivity index is 2.55. The second kappa shape index (κ2) is 6.29. The van der Waals surface area contributed by atoms with Crippen LogP contribution in [0, 0.1) is 6.92 Å². The first-order chi connectivity index (χ1) is 10.8. The standard InChI is InChI=1S/C16H17NO5S/c1-11-4-9-15(14(10-11)16(19)22-3)23(20,21)17(2)12-5-7-13(18)8-6-12/h4-10,18H,1-3H3. The smallest absolute Gasteiger partial charge is 0.339 e. The van der Waals surface area contributed by atoms with Gasteiger partial charge in [-0.1, -0.05) is 11.6 Å². The summed E-state index contributed by atoms with van der Waals surface area (Å²) in [5, 5.41) is 9.31. The zero-order valence-corrected chi connectivity index (χ0v) is 13.8. The molecular weight excluding hydrogens is 318 g/mol. The third-order valence-electron chi connectivity index (χ3n) is 3.39. The molecule has 0 saturated carbocycles. The van der Waals surface area contributed by atoms with E-state index >= 15 is 0 Å². The van der Waals surface area contributed by atoms with Crippen molar-refractivity contribution in [1.82, 2.24) is 0 Å². The molecule has 0 heterocycles. The van der Waals surface area contributed by atoms with Crippen LogP contribution in [-0.4, -0.2) is 33.7 Å². The molecule has 0 radical (unpaired) electrons. The summed E-state index contributed by atoms with van der Waals surface area (Å²) >= 11 is 0. The third kappa shape index (κ3) is 3.29. The van der Waals surface area contributed by atoms with E-state index in [4.69, 9.17) is 0 Å². The molecule has 0 aliphatic carbocycles. The molecule has 2 rings (SSSR count). The molecule has 23 heavy (non-hydrogen) atoms. The van der Waals surface area contributed by atoms with Gasteiger partial charge in [-0.2, -0.15) is 0 Å². The Bertz CT molecular complexity index is 828. The minimum absolute atomic E-state index is 0.0156. The van der Waals surface area contributed by atoms with Crippen LogP contribution >= 0.6 is 0 Å². The summed E-state index contributed by atoms with van der Waals surface area (Å²) in [7, 11) is -1.38. The van der Waals surface area contributed by atoms with Crippen molar-refractivity contribution in [2.24, 2.45) is 0 Å². The van der Waals surface area contributed by atoms with Gasteiger partial charge in [0.15, 0.2) is 0 Å². The largest absolute Gasteiger partial charge is 0.508 e. The van der Waals surface area contributed by atoms with E-state index in [-0.39, 0.29) is 16.2 Å². The molecule has 2 aromatic rings. The van der Waals surface area contributed by atoms with Gasteiger partial charge in [0.05, 0.1) is 18.4 Å². The summed E-state index contributed by atoms with van der Waals surface area (Å²) in [5.74, 6) is -0.684.